The van der Waals surface area contributed by atoms with Gasteiger partial charge in [0.15, 0.2) is 0 Å². The van der Waals surface area contributed by atoms with Crippen molar-refractivity contribution >= 4 is 34.2 Å². The number of thiocarbonyl (C=S) groups is 1. The molecule has 0 spiro atoms. The lowest BCUT2D eigenvalue weighted by Crippen LogP contribution is -2.48. The Morgan fingerprint density at radius 2 is 1.75 bits per heavy atom. The van der Waals surface area contributed by atoms with Crippen LogP contribution in [0.5, 0.6) is 0 Å². The lowest BCUT2D eigenvalue weighted by molar-refractivity contribution is 0.393. The van der Waals surface area contributed by atoms with Crippen molar-refractivity contribution in [1.82, 2.24) is 4.90 Å². The van der Waals surface area contributed by atoms with Crippen molar-refractivity contribution in [3.8, 4) is 0 Å². The summed E-state index contributed by atoms with van der Waals surface area (Å²) in [7, 11) is 0. The molecule has 1 saturated heterocycles. The van der Waals surface area contributed by atoms with Crippen molar-refractivity contribution < 1.29 is 0 Å². The molecule has 0 N–H and O–H groups in total. The highest BCUT2D eigenvalue weighted by molar-refractivity contribution is 7.81. The Bertz CT molecular complexity index is 567. The maximum Gasteiger partial charge on any atom is 0.119 e. The fourth-order valence-corrected chi connectivity index (χ4v) is 3.57. The predicted octanol–water partition coefficient (Wildman–Crippen LogP) is 3.55. The number of benzene rings is 1. The quantitative estimate of drug-likeness (QED) is 0.783. The van der Waals surface area contributed by atoms with Crippen LogP contribution in [0.2, 0.25) is 0 Å². The van der Waals surface area contributed by atoms with Gasteiger partial charge in [-0.05, 0) is 30.5 Å². The van der Waals surface area contributed by atoms with Gasteiger partial charge in [-0.15, -0.1) is 11.3 Å². The average Bonchev–Trinajstić information content (AvgIpc) is 3.02. The lowest BCUT2D eigenvalue weighted by Gasteiger charge is -2.37. The average molecular weight is 302 g/mol. The molecule has 2 heterocycles. The van der Waals surface area contributed by atoms with Crippen LogP contribution in [0.4, 0.5) is 5.69 Å². The molecular formula is C16H18N2S2. The maximum absolute atomic E-state index is 5.58. The largest absolute Gasteiger partial charge is 0.368 e. The van der Waals surface area contributed by atoms with Gasteiger partial charge in [-0.1, -0.05) is 36.0 Å². The van der Waals surface area contributed by atoms with E-state index in [9.17, 15) is 0 Å². The van der Waals surface area contributed by atoms with Crippen LogP contribution in [0.3, 0.4) is 0 Å². The monoisotopic (exact) mass is 302 g/mol. The molecule has 0 atom stereocenters. The van der Waals surface area contributed by atoms with Gasteiger partial charge in [0.1, 0.15) is 4.99 Å². The second kappa shape index (κ2) is 5.94. The van der Waals surface area contributed by atoms with Crippen molar-refractivity contribution in [3.63, 3.8) is 0 Å². The van der Waals surface area contributed by atoms with Crippen LogP contribution in [0.25, 0.3) is 0 Å². The van der Waals surface area contributed by atoms with E-state index in [2.05, 4.69) is 58.5 Å². The Hall–Kier alpha value is -1.39. The zero-order valence-corrected chi connectivity index (χ0v) is 13.2. The van der Waals surface area contributed by atoms with Crippen molar-refractivity contribution in [3.05, 3.63) is 52.2 Å². The summed E-state index contributed by atoms with van der Waals surface area (Å²) in [5.74, 6) is 0. The van der Waals surface area contributed by atoms with Crippen LogP contribution in [0.1, 0.15) is 10.4 Å². The molecule has 1 aliphatic heterocycles. The second-order valence-corrected chi connectivity index (χ2v) is 6.43. The summed E-state index contributed by atoms with van der Waals surface area (Å²) in [5, 5.41) is 2.09. The molecule has 104 valence electrons. The number of anilines is 1. The smallest absolute Gasteiger partial charge is 0.119 e. The number of aryl methyl sites for hydroxylation is 1. The molecule has 4 heteroatoms. The van der Waals surface area contributed by atoms with Gasteiger partial charge in [0.2, 0.25) is 0 Å². The summed E-state index contributed by atoms with van der Waals surface area (Å²) < 4.78 is 0. The molecule has 20 heavy (non-hydrogen) atoms. The summed E-state index contributed by atoms with van der Waals surface area (Å²) in [4.78, 5) is 6.98. The van der Waals surface area contributed by atoms with Crippen LogP contribution < -0.4 is 4.90 Å². The van der Waals surface area contributed by atoms with Crippen LogP contribution in [-0.2, 0) is 0 Å². The van der Waals surface area contributed by atoms with Crippen molar-refractivity contribution in [2.45, 2.75) is 6.92 Å². The number of hydrogen-bond donors (Lipinski definition) is 0. The van der Waals surface area contributed by atoms with Crippen LogP contribution in [0.15, 0.2) is 41.8 Å². The first-order valence-electron chi connectivity index (χ1n) is 6.88. The van der Waals surface area contributed by atoms with Crippen LogP contribution in [-0.4, -0.2) is 36.1 Å². The van der Waals surface area contributed by atoms with E-state index in [1.807, 2.05) is 0 Å². The van der Waals surface area contributed by atoms with E-state index in [4.69, 9.17) is 12.2 Å². The Kier molecular flexibility index (Phi) is 4.03. The summed E-state index contributed by atoms with van der Waals surface area (Å²) in [5.41, 5.74) is 2.63. The summed E-state index contributed by atoms with van der Waals surface area (Å²) in [6.45, 7) is 6.21. The molecule has 2 nitrogen and oxygen atoms in total. The first kappa shape index (κ1) is 13.6. The Morgan fingerprint density at radius 1 is 1.05 bits per heavy atom. The Labute approximate surface area is 129 Å². The topological polar surface area (TPSA) is 6.48 Å². The molecule has 0 saturated carbocycles. The molecule has 0 bridgehead atoms. The van der Waals surface area contributed by atoms with E-state index in [0.717, 1.165) is 31.2 Å². The second-order valence-electron chi connectivity index (χ2n) is 5.09. The fraction of sp³-hybridized carbons (Fsp3) is 0.312. The minimum Gasteiger partial charge on any atom is -0.368 e. The molecule has 2 aromatic rings. The highest BCUT2D eigenvalue weighted by Gasteiger charge is 2.20. The van der Waals surface area contributed by atoms with Gasteiger partial charge in [0.25, 0.3) is 0 Å². The van der Waals surface area contributed by atoms with Gasteiger partial charge in [-0.25, -0.2) is 0 Å². The third-order valence-corrected chi connectivity index (χ3v) is 5.18. The number of rotatable bonds is 2. The summed E-state index contributed by atoms with van der Waals surface area (Å²) >= 11 is 7.31. The van der Waals surface area contributed by atoms with E-state index in [1.165, 1.54) is 16.1 Å². The molecule has 3 rings (SSSR count). The minimum absolute atomic E-state index is 1.00. The molecule has 1 aromatic carbocycles. The molecule has 0 aliphatic carbocycles. The van der Waals surface area contributed by atoms with E-state index in [0.29, 0.717) is 0 Å². The van der Waals surface area contributed by atoms with Crippen LogP contribution in [0, 0.1) is 6.92 Å². The van der Waals surface area contributed by atoms with Gasteiger partial charge in [-0.3, -0.25) is 0 Å². The highest BCUT2D eigenvalue weighted by atomic mass is 32.1. The Balaban J connectivity index is 1.62. The molecule has 1 aromatic heterocycles. The van der Waals surface area contributed by atoms with E-state index >= 15 is 0 Å². The first-order chi connectivity index (χ1) is 9.74. The van der Waals surface area contributed by atoms with Crippen molar-refractivity contribution in [1.29, 1.82) is 0 Å². The Morgan fingerprint density at radius 3 is 2.35 bits per heavy atom. The lowest BCUT2D eigenvalue weighted by atomic mass is 10.2. The van der Waals surface area contributed by atoms with E-state index in [-0.39, 0.29) is 0 Å². The third-order valence-electron chi connectivity index (χ3n) is 3.70. The first-order valence-corrected chi connectivity index (χ1v) is 8.17. The molecule has 0 radical (unpaired) electrons. The normalized spacial score (nSPS) is 15.4. The van der Waals surface area contributed by atoms with E-state index < -0.39 is 0 Å². The zero-order valence-electron chi connectivity index (χ0n) is 11.6. The van der Waals surface area contributed by atoms with Crippen molar-refractivity contribution in [2.75, 3.05) is 31.1 Å². The number of hydrogen-bond acceptors (Lipinski definition) is 3. The number of piperazine rings is 1. The maximum atomic E-state index is 5.58. The number of nitrogens with zero attached hydrogens (tertiary/aromatic N) is 2. The summed E-state index contributed by atoms with van der Waals surface area (Å²) in [6.07, 6.45) is 0. The molecule has 1 aliphatic rings. The van der Waals surface area contributed by atoms with E-state index in [1.54, 1.807) is 11.3 Å². The minimum atomic E-state index is 1.00. The summed E-state index contributed by atoms with van der Waals surface area (Å²) in [6, 6.07) is 13.0. The zero-order chi connectivity index (χ0) is 13.9. The highest BCUT2D eigenvalue weighted by Crippen LogP contribution is 2.19. The SMILES string of the molecule is Cc1ccc(N2CCN(C(=S)c3cccs3)CC2)cc1. The fourth-order valence-electron chi connectivity index (χ4n) is 2.48. The van der Waals surface area contributed by atoms with Gasteiger partial charge in [0, 0.05) is 31.9 Å². The number of thiophene rings is 1. The molecule has 0 amide bonds. The van der Waals surface area contributed by atoms with Gasteiger partial charge in [0.05, 0.1) is 4.88 Å². The van der Waals surface area contributed by atoms with Crippen LogP contribution >= 0.6 is 23.6 Å². The van der Waals surface area contributed by atoms with Gasteiger partial charge >= 0.3 is 0 Å². The van der Waals surface area contributed by atoms with Crippen molar-refractivity contribution in [2.24, 2.45) is 0 Å². The molecule has 0 unspecified atom stereocenters. The predicted molar refractivity (Wildman–Crippen MR) is 91.0 cm³/mol. The molecular weight excluding hydrogens is 284 g/mol. The van der Waals surface area contributed by atoms with Gasteiger partial charge < -0.3 is 9.80 Å². The standard InChI is InChI=1S/C16H18N2S2/c1-13-4-6-14(7-5-13)17-8-10-18(11-9-17)16(19)15-3-2-12-20-15/h2-7,12H,8-11H2,1H3. The molecule has 1 fully saturated rings. The van der Waals surface area contributed by atoms with Gasteiger partial charge in [-0.2, -0.15) is 0 Å². The third kappa shape index (κ3) is 2.86.